The molecule has 0 radical (unpaired) electrons. The second kappa shape index (κ2) is 7.83. The van der Waals surface area contributed by atoms with Crippen LogP contribution in [0.2, 0.25) is 0 Å². The Kier molecular flexibility index (Phi) is 4.68. The largest absolute Gasteiger partial charge is 0.341 e. The molecule has 8 nitrogen and oxygen atoms in total. The highest BCUT2D eigenvalue weighted by molar-refractivity contribution is 7.10. The first-order valence-corrected chi connectivity index (χ1v) is 11.6. The third kappa shape index (κ3) is 3.34. The van der Waals surface area contributed by atoms with Crippen molar-refractivity contribution in [3.63, 3.8) is 0 Å². The van der Waals surface area contributed by atoms with Gasteiger partial charge in [-0.15, -0.1) is 11.3 Å². The normalized spacial score (nSPS) is 15.1. The Bertz CT molecular complexity index is 1380. The van der Waals surface area contributed by atoms with Crippen LogP contribution in [0, 0.1) is 0 Å². The van der Waals surface area contributed by atoms with Crippen molar-refractivity contribution in [3.8, 4) is 11.5 Å². The number of fused-ring (bicyclic) bond motifs is 2. The number of thiazole rings is 1. The number of nitrogens with one attached hydrogen (secondary N) is 1. The minimum atomic E-state index is 0.107. The molecule has 32 heavy (non-hydrogen) atoms. The van der Waals surface area contributed by atoms with Gasteiger partial charge in [0.1, 0.15) is 17.8 Å². The van der Waals surface area contributed by atoms with Gasteiger partial charge in [0, 0.05) is 24.2 Å². The summed E-state index contributed by atoms with van der Waals surface area (Å²) >= 11 is 1.68. The molecule has 1 N–H and O–H groups in total. The summed E-state index contributed by atoms with van der Waals surface area (Å²) < 4.78 is 1.83. The van der Waals surface area contributed by atoms with E-state index in [0.717, 1.165) is 59.6 Å². The van der Waals surface area contributed by atoms with E-state index in [-0.39, 0.29) is 12.5 Å². The van der Waals surface area contributed by atoms with Crippen molar-refractivity contribution in [1.82, 2.24) is 34.4 Å². The fraction of sp³-hybridized carbons (Fsp3) is 0.261. The number of aromatic nitrogens is 6. The van der Waals surface area contributed by atoms with Gasteiger partial charge in [-0.25, -0.2) is 19.9 Å². The molecule has 1 amide bonds. The van der Waals surface area contributed by atoms with E-state index in [1.807, 2.05) is 51.4 Å². The van der Waals surface area contributed by atoms with Crippen LogP contribution in [0.5, 0.6) is 0 Å². The molecule has 6 rings (SSSR count). The van der Waals surface area contributed by atoms with Gasteiger partial charge in [-0.3, -0.25) is 4.79 Å². The van der Waals surface area contributed by atoms with Crippen LogP contribution in [-0.4, -0.2) is 53.4 Å². The van der Waals surface area contributed by atoms with Crippen LogP contribution in [0.3, 0.4) is 0 Å². The lowest BCUT2D eigenvalue weighted by Crippen LogP contribution is -2.39. The molecule has 5 aromatic rings. The van der Waals surface area contributed by atoms with Crippen LogP contribution in [0.15, 0.2) is 54.4 Å². The van der Waals surface area contributed by atoms with E-state index < -0.39 is 0 Å². The first kappa shape index (κ1) is 19.1. The van der Waals surface area contributed by atoms with E-state index in [9.17, 15) is 4.79 Å². The number of para-hydroxylation sites is 2. The number of aromatic amines is 1. The van der Waals surface area contributed by atoms with Crippen molar-refractivity contribution >= 4 is 39.4 Å². The highest BCUT2D eigenvalue weighted by Gasteiger charge is 2.28. The molecule has 0 spiro atoms. The Morgan fingerprint density at radius 3 is 2.78 bits per heavy atom. The van der Waals surface area contributed by atoms with Gasteiger partial charge in [-0.1, -0.05) is 12.1 Å². The van der Waals surface area contributed by atoms with E-state index >= 15 is 0 Å². The number of piperidine rings is 1. The smallest absolute Gasteiger partial charge is 0.242 e. The van der Waals surface area contributed by atoms with Gasteiger partial charge in [0.05, 0.1) is 22.9 Å². The van der Waals surface area contributed by atoms with Crippen molar-refractivity contribution in [3.05, 3.63) is 59.3 Å². The topological polar surface area (TPSA) is 92.6 Å². The lowest BCUT2D eigenvalue weighted by molar-refractivity contribution is -0.132. The number of nitrogens with zero attached hydrogens (tertiary/aromatic N) is 6. The summed E-state index contributed by atoms with van der Waals surface area (Å²) in [5.41, 5.74) is 6.35. The number of rotatable bonds is 4. The molecule has 9 heteroatoms. The minimum absolute atomic E-state index is 0.107. The average Bonchev–Trinajstić information content (AvgIpc) is 3.57. The van der Waals surface area contributed by atoms with Gasteiger partial charge in [0.2, 0.25) is 5.91 Å². The first-order valence-electron chi connectivity index (χ1n) is 10.7. The van der Waals surface area contributed by atoms with Gasteiger partial charge in [0.15, 0.2) is 11.5 Å². The summed E-state index contributed by atoms with van der Waals surface area (Å²) in [5.74, 6) is 1.31. The number of likely N-dealkylation sites (tertiary alicyclic amines) is 1. The quantitative estimate of drug-likeness (QED) is 0.456. The number of hydrogen-bond acceptors (Lipinski definition) is 6. The van der Waals surface area contributed by atoms with Crippen LogP contribution in [0.1, 0.15) is 23.6 Å². The lowest BCUT2D eigenvalue weighted by Gasteiger charge is -2.32. The highest BCUT2D eigenvalue weighted by atomic mass is 32.1. The van der Waals surface area contributed by atoms with Crippen molar-refractivity contribution in [2.75, 3.05) is 13.1 Å². The Balaban J connectivity index is 1.15. The van der Waals surface area contributed by atoms with Crippen LogP contribution in [0.4, 0.5) is 0 Å². The van der Waals surface area contributed by atoms with Crippen LogP contribution >= 0.6 is 11.3 Å². The fourth-order valence-corrected chi connectivity index (χ4v) is 5.40. The molecule has 1 aliphatic rings. The molecule has 1 aromatic carbocycles. The molecule has 4 aromatic heterocycles. The van der Waals surface area contributed by atoms with Crippen LogP contribution < -0.4 is 0 Å². The minimum Gasteiger partial charge on any atom is -0.341 e. The zero-order valence-electron chi connectivity index (χ0n) is 17.3. The van der Waals surface area contributed by atoms with E-state index in [1.165, 1.54) is 4.88 Å². The standard InChI is InChI=1S/C23H21N7OS/c31-19(12-30-13-25-18-6-3-9-24-23(18)30)29-10-7-15(8-11-29)21-20(26-14-32-21)22-27-16-4-1-2-5-17(16)28-22/h1-6,9,13-15H,7-8,10-12H2,(H,27,28). The zero-order valence-corrected chi connectivity index (χ0v) is 18.1. The maximum atomic E-state index is 12.9. The molecule has 1 aliphatic heterocycles. The maximum Gasteiger partial charge on any atom is 0.242 e. The molecule has 5 heterocycles. The molecule has 0 bridgehead atoms. The number of benzene rings is 1. The van der Waals surface area contributed by atoms with E-state index in [0.29, 0.717) is 5.92 Å². The van der Waals surface area contributed by atoms with E-state index in [4.69, 9.17) is 4.98 Å². The Labute approximate surface area is 188 Å². The van der Waals surface area contributed by atoms with Gasteiger partial charge >= 0.3 is 0 Å². The summed E-state index contributed by atoms with van der Waals surface area (Å²) in [7, 11) is 0. The summed E-state index contributed by atoms with van der Waals surface area (Å²) in [4.78, 5) is 37.5. The summed E-state index contributed by atoms with van der Waals surface area (Å²) in [6.07, 6.45) is 5.26. The predicted octanol–water partition coefficient (Wildman–Crippen LogP) is 3.84. The monoisotopic (exact) mass is 443 g/mol. The number of amides is 1. The van der Waals surface area contributed by atoms with Crippen LogP contribution in [0.25, 0.3) is 33.7 Å². The SMILES string of the molecule is O=C(Cn1cnc2cccnc21)N1CCC(c2scnc2-c2nc3ccccc3[nH]2)CC1. The number of imidazole rings is 2. The maximum absolute atomic E-state index is 12.9. The molecule has 0 unspecified atom stereocenters. The molecule has 1 saturated heterocycles. The molecular formula is C23H21N7OS. The number of hydrogen-bond donors (Lipinski definition) is 1. The van der Waals surface area contributed by atoms with Gasteiger partial charge < -0.3 is 14.5 Å². The first-order chi connectivity index (χ1) is 15.8. The molecule has 0 aliphatic carbocycles. The highest BCUT2D eigenvalue weighted by Crippen LogP contribution is 2.37. The molecule has 0 atom stereocenters. The second-order valence-corrected chi connectivity index (χ2v) is 8.93. The van der Waals surface area contributed by atoms with Gasteiger partial charge in [0.25, 0.3) is 0 Å². The zero-order chi connectivity index (χ0) is 21.5. The molecule has 160 valence electrons. The summed E-state index contributed by atoms with van der Waals surface area (Å²) in [6, 6.07) is 11.8. The number of carbonyl (C=O) groups is 1. The second-order valence-electron chi connectivity index (χ2n) is 8.04. The predicted molar refractivity (Wildman–Crippen MR) is 123 cm³/mol. The summed E-state index contributed by atoms with van der Waals surface area (Å²) in [5, 5.41) is 0. The third-order valence-electron chi connectivity index (χ3n) is 6.11. The Morgan fingerprint density at radius 1 is 1.06 bits per heavy atom. The van der Waals surface area contributed by atoms with Crippen molar-refractivity contribution in [2.45, 2.75) is 25.3 Å². The number of carbonyl (C=O) groups excluding carboxylic acids is 1. The number of H-pyrrole nitrogens is 1. The van der Waals surface area contributed by atoms with Gasteiger partial charge in [-0.2, -0.15) is 0 Å². The fourth-order valence-electron chi connectivity index (χ4n) is 4.44. The molecule has 0 saturated carbocycles. The lowest BCUT2D eigenvalue weighted by atomic mass is 9.94. The van der Waals surface area contributed by atoms with Crippen molar-refractivity contribution < 1.29 is 4.79 Å². The Morgan fingerprint density at radius 2 is 1.91 bits per heavy atom. The average molecular weight is 444 g/mol. The van der Waals surface area contributed by atoms with Crippen molar-refractivity contribution in [1.29, 1.82) is 0 Å². The van der Waals surface area contributed by atoms with E-state index in [2.05, 4.69) is 19.9 Å². The molecular weight excluding hydrogens is 422 g/mol. The van der Waals surface area contributed by atoms with E-state index in [1.54, 1.807) is 23.9 Å². The summed E-state index contributed by atoms with van der Waals surface area (Å²) in [6.45, 7) is 1.74. The van der Waals surface area contributed by atoms with Crippen molar-refractivity contribution in [2.24, 2.45) is 0 Å². The molecule has 1 fully saturated rings. The Hall–Kier alpha value is -3.59. The van der Waals surface area contributed by atoms with Gasteiger partial charge in [-0.05, 0) is 43.0 Å². The van der Waals surface area contributed by atoms with Crippen LogP contribution in [-0.2, 0) is 11.3 Å². The third-order valence-corrected chi connectivity index (χ3v) is 7.10. The number of pyridine rings is 1.